The summed E-state index contributed by atoms with van der Waals surface area (Å²) in [6.07, 6.45) is 2.10. The molecule has 0 heterocycles. The number of rotatable bonds is 5. The molecule has 0 amide bonds. The molecule has 0 spiro atoms. The van der Waals surface area contributed by atoms with E-state index in [2.05, 4.69) is 50.1 Å². The first-order valence-corrected chi connectivity index (χ1v) is 7.00. The molecule has 0 unspecified atom stereocenters. The summed E-state index contributed by atoms with van der Waals surface area (Å²) < 4.78 is 0. The molecular weight excluding hydrogens is 216 g/mol. The smallest absolute Gasteiger partial charge is 0.0425 e. The Bertz CT molecular complexity index is 337. The van der Waals surface area contributed by atoms with Gasteiger partial charge in [0.25, 0.3) is 0 Å². The van der Waals surface area contributed by atoms with Crippen LogP contribution in [0.3, 0.4) is 0 Å². The van der Waals surface area contributed by atoms with Crippen LogP contribution in [0.5, 0.6) is 0 Å². The summed E-state index contributed by atoms with van der Waals surface area (Å²) in [5, 5.41) is 0. The van der Waals surface area contributed by atoms with Crippen LogP contribution in [0.1, 0.15) is 26.3 Å². The molecule has 0 aromatic heterocycles. The second-order valence-electron chi connectivity index (χ2n) is 4.04. The first kappa shape index (κ1) is 13.4. The lowest BCUT2D eigenvalue weighted by atomic mass is 10.1. The maximum atomic E-state index is 5.88. The predicted octanol–water partition coefficient (Wildman–Crippen LogP) is 3.10. The molecule has 0 saturated heterocycles. The monoisotopic (exact) mass is 238 g/mol. The van der Waals surface area contributed by atoms with Gasteiger partial charge in [-0.25, -0.2) is 0 Å². The lowest BCUT2D eigenvalue weighted by Gasteiger charge is -2.30. The van der Waals surface area contributed by atoms with Crippen molar-refractivity contribution in [1.82, 2.24) is 0 Å². The lowest BCUT2D eigenvalue weighted by molar-refractivity contribution is 0.697. The van der Waals surface area contributed by atoms with Gasteiger partial charge in [0.15, 0.2) is 0 Å². The number of hydrogen-bond donors (Lipinski definition) is 1. The number of anilines is 1. The summed E-state index contributed by atoms with van der Waals surface area (Å²) in [5.74, 6) is 0. The van der Waals surface area contributed by atoms with Crippen LogP contribution in [0.15, 0.2) is 23.1 Å². The van der Waals surface area contributed by atoms with E-state index in [-0.39, 0.29) is 0 Å². The Morgan fingerprint density at radius 3 is 2.50 bits per heavy atom. The van der Waals surface area contributed by atoms with Gasteiger partial charge in [-0.2, -0.15) is 0 Å². The maximum absolute atomic E-state index is 5.88. The Morgan fingerprint density at radius 1 is 1.38 bits per heavy atom. The highest BCUT2D eigenvalue weighted by Crippen LogP contribution is 2.30. The van der Waals surface area contributed by atoms with E-state index in [1.807, 2.05) is 0 Å². The zero-order valence-electron chi connectivity index (χ0n) is 10.7. The zero-order valence-corrected chi connectivity index (χ0v) is 11.5. The topological polar surface area (TPSA) is 29.3 Å². The van der Waals surface area contributed by atoms with Gasteiger partial charge >= 0.3 is 0 Å². The van der Waals surface area contributed by atoms with E-state index in [4.69, 9.17) is 5.73 Å². The molecule has 1 rings (SSSR count). The number of benzene rings is 1. The maximum Gasteiger partial charge on any atom is 0.0425 e. The Morgan fingerprint density at radius 2 is 2.06 bits per heavy atom. The van der Waals surface area contributed by atoms with Crippen LogP contribution in [-0.4, -0.2) is 18.8 Å². The van der Waals surface area contributed by atoms with E-state index < -0.39 is 0 Å². The fourth-order valence-electron chi connectivity index (χ4n) is 2.03. The molecule has 1 aromatic rings. The van der Waals surface area contributed by atoms with Crippen molar-refractivity contribution in [2.45, 2.75) is 38.3 Å². The highest BCUT2D eigenvalue weighted by molar-refractivity contribution is 7.98. The number of nitrogens with two attached hydrogens (primary N) is 1. The summed E-state index contributed by atoms with van der Waals surface area (Å²) >= 11 is 1.77. The normalized spacial score (nSPS) is 10.9. The van der Waals surface area contributed by atoms with Crippen molar-refractivity contribution < 1.29 is 0 Å². The zero-order chi connectivity index (χ0) is 12.1. The van der Waals surface area contributed by atoms with Gasteiger partial charge in [0.2, 0.25) is 0 Å². The molecule has 0 radical (unpaired) electrons. The van der Waals surface area contributed by atoms with Gasteiger partial charge in [0.1, 0.15) is 0 Å². The number of hydrogen-bond acceptors (Lipinski definition) is 3. The Balaban J connectivity index is 3.20. The van der Waals surface area contributed by atoms with Crippen LogP contribution in [0.25, 0.3) is 0 Å². The van der Waals surface area contributed by atoms with Crippen molar-refractivity contribution in [3.05, 3.63) is 23.8 Å². The first-order chi connectivity index (χ1) is 7.65. The standard InChI is InChI=1S/C13H22N2S/c1-5-15(10(2)3)12-7-6-8-13(16-4)11(12)9-14/h6-8,10H,5,9,14H2,1-4H3. The van der Waals surface area contributed by atoms with Gasteiger partial charge in [-0.15, -0.1) is 11.8 Å². The molecule has 16 heavy (non-hydrogen) atoms. The third kappa shape index (κ3) is 2.71. The molecule has 0 aliphatic rings. The molecule has 90 valence electrons. The second kappa shape index (κ2) is 6.16. The molecule has 1 aromatic carbocycles. The van der Waals surface area contributed by atoms with E-state index in [0.29, 0.717) is 12.6 Å². The third-order valence-electron chi connectivity index (χ3n) is 2.81. The average molecular weight is 238 g/mol. The molecule has 0 aliphatic heterocycles. The largest absolute Gasteiger partial charge is 0.369 e. The van der Waals surface area contributed by atoms with E-state index >= 15 is 0 Å². The second-order valence-corrected chi connectivity index (χ2v) is 4.89. The van der Waals surface area contributed by atoms with Gasteiger partial charge in [-0.05, 0) is 39.2 Å². The van der Waals surface area contributed by atoms with Crippen LogP contribution in [0.4, 0.5) is 5.69 Å². The summed E-state index contributed by atoms with van der Waals surface area (Å²) in [4.78, 5) is 3.68. The summed E-state index contributed by atoms with van der Waals surface area (Å²) in [6, 6.07) is 6.94. The Labute approximate surface area is 103 Å². The summed E-state index contributed by atoms with van der Waals surface area (Å²) in [6.45, 7) is 8.25. The highest BCUT2D eigenvalue weighted by atomic mass is 32.2. The molecule has 0 atom stereocenters. The molecule has 3 heteroatoms. The quantitative estimate of drug-likeness (QED) is 0.799. The first-order valence-electron chi connectivity index (χ1n) is 5.78. The Kier molecular flexibility index (Phi) is 5.16. The Hall–Kier alpha value is -0.670. The van der Waals surface area contributed by atoms with Crippen LogP contribution >= 0.6 is 11.8 Å². The van der Waals surface area contributed by atoms with Gasteiger partial charge in [-0.3, -0.25) is 0 Å². The minimum atomic E-state index is 0.507. The molecular formula is C13H22N2S. The van der Waals surface area contributed by atoms with Crippen molar-refractivity contribution in [1.29, 1.82) is 0 Å². The van der Waals surface area contributed by atoms with Crippen molar-refractivity contribution in [3.63, 3.8) is 0 Å². The van der Waals surface area contributed by atoms with Crippen LogP contribution in [-0.2, 0) is 6.54 Å². The summed E-state index contributed by atoms with van der Waals surface area (Å²) in [7, 11) is 0. The van der Waals surface area contributed by atoms with Crippen LogP contribution < -0.4 is 10.6 Å². The molecule has 0 aliphatic carbocycles. The van der Waals surface area contributed by atoms with E-state index in [1.165, 1.54) is 16.1 Å². The highest BCUT2D eigenvalue weighted by Gasteiger charge is 2.14. The van der Waals surface area contributed by atoms with Gasteiger partial charge in [0, 0.05) is 35.3 Å². The lowest BCUT2D eigenvalue weighted by Crippen LogP contribution is -2.31. The van der Waals surface area contributed by atoms with Crippen molar-refractivity contribution in [2.24, 2.45) is 5.73 Å². The predicted molar refractivity (Wildman–Crippen MR) is 74.3 cm³/mol. The summed E-state index contributed by atoms with van der Waals surface area (Å²) in [5.41, 5.74) is 8.43. The molecule has 2 N–H and O–H groups in total. The SMILES string of the molecule is CCN(c1cccc(SC)c1CN)C(C)C. The van der Waals surface area contributed by atoms with Gasteiger partial charge in [-0.1, -0.05) is 6.07 Å². The van der Waals surface area contributed by atoms with Crippen molar-refractivity contribution in [2.75, 3.05) is 17.7 Å². The van der Waals surface area contributed by atoms with Crippen molar-refractivity contribution in [3.8, 4) is 0 Å². The molecule has 2 nitrogen and oxygen atoms in total. The number of thioether (sulfide) groups is 1. The molecule has 0 saturated carbocycles. The van der Waals surface area contributed by atoms with E-state index in [9.17, 15) is 0 Å². The van der Waals surface area contributed by atoms with E-state index in [1.54, 1.807) is 11.8 Å². The minimum absolute atomic E-state index is 0.507. The fraction of sp³-hybridized carbons (Fsp3) is 0.538. The van der Waals surface area contributed by atoms with Crippen LogP contribution in [0.2, 0.25) is 0 Å². The van der Waals surface area contributed by atoms with Crippen LogP contribution in [0, 0.1) is 0 Å². The molecule has 0 fully saturated rings. The minimum Gasteiger partial charge on any atom is -0.369 e. The number of nitrogens with zero attached hydrogens (tertiary/aromatic N) is 1. The van der Waals surface area contributed by atoms with Gasteiger partial charge < -0.3 is 10.6 Å². The van der Waals surface area contributed by atoms with Gasteiger partial charge in [0.05, 0.1) is 0 Å². The van der Waals surface area contributed by atoms with Crippen molar-refractivity contribution >= 4 is 17.4 Å². The molecule has 0 bridgehead atoms. The fourth-order valence-corrected chi connectivity index (χ4v) is 2.68. The van der Waals surface area contributed by atoms with E-state index in [0.717, 1.165) is 6.54 Å². The third-order valence-corrected chi connectivity index (χ3v) is 3.63. The average Bonchev–Trinajstić information content (AvgIpc) is 2.29.